The quantitative estimate of drug-likeness (QED) is 0.286. The summed E-state index contributed by atoms with van der Waals surface area (Å²) >= 11 is 0. The molecule has 0 fully saturated rings. The molecule has 0 saturated heterocycles. The third-order valence-electron chi connectivity index (χ3n) is 6.59. The van der Waals surface area contributed by atoms with Crippen LogP contribution in [0.15, 0.2) is 83.7 Å². The zero-order valence-electron chi connectivity index (χ0n) is 21.2. The maximum atomic E-state index is 13.9. The van der Waals surface area contributed by atoms with Gasteiger partial charge >= 0.3 is 0 Å². The first-order chi connectivity index (χ1) is 18.2. The van der Waals surface area contributed by atoms with Crippen LogP contribution in [-0.2, 0) is 19.4 Å². The van der Waals surface area contributed by atoms with Gasteiger partial charge in [0.1, 0.15) is 5.82 Å². The van der Waals surface area contributed by atoms with Gasteiger partial charge in [-0.2, -0.15) is 5.21 Å². The van der Waals surface area contributed by atoms with E-state index in [9.17, 15) is 4.79 Å². The molecule has 5 aromatic rings. The number of aryl methyl sites for hydroxylation is 2. The van der Waals surface area contributed by atoms with Gasteiger partial charge in [0.05, 0.1) is 17.8 Å². The molecule has 0 bridgehead atoms. The fraction of sp³-hybridized carbons (Fsp3) is 0.233. The van der Waals surface area contributed by atoms with Crippen molar-refractivity contribution in [2.24, 2.45) is 0 Å². The van der Waals surface area contributed by atoms with E-state index in [0.717, 1.165) is 58.6 Å². The molecule has 0 atom stereocenters. The van der Waals surface area contributed by atoms with Gasteiger partial charge in [0.15, 0.2) is 0 Å². The fourth-order valence-corrected chi connectivity index (χ4v) is 4.67. The van der Waals surface area contributed by atoms with E-state index >= 15 is 0 Å². The second-order valence-corrected chi connectivity index (χ2v) is 9.04. The number of aromatic nitrogens is 6. The Morgan fingerprint density at radius 1 is 0.838 bits per heavy atom. The molecule has 2 aromatic heterocycles. The van der Waals surface area contributed by atoms with Gasteiger partial charge in [0.25, 0.3) is 5.56 Å². The first-order valence-corrected chi connectivity index (χ1v) is 12.8. The lowest BCUT2D eigenvalue weighted by Gasteiger charge is -2.17. The average molecular weight is 491 g/mol. The van der Waals surface area contributed by atoms with Gasteiger partial charge in [-0.25, -0.2) is 4.98 Å². The van der Waals surface area contributed by atoms with Crippen molar-refractivity contribution in [2.45, 2.75) is 46.1 Å². The lowest BCUT2D eigenvalue weighted by atomic mass is 9.98. The third-order valence-corrected chi connectivity index (χ3v) is 6.59. The average Bonchev–Trinajstić information content (AvgIpc) is 3.49. The lowest BCUT2D eigenvalue weighted by molar-refractivity contribution is 0.631. The molecule has 0 aliphatic heterocycles. The normalized spacial score (nSPS) is 11.1. The highest BCUT2D eigenvalue weighted by atomic mass is 16.1. The Morgan fingerprint density at radius 2 is 1.57 bits per heavy atom. The minimum atomic E-state index is 0.0238. The largest absolute Gasteiger partial charge is 0.292 e. The van der Waals surface area contributed by atoms with Gasteiger partial charge in [-0.3, -0.25) is 9.36 Å². The Kier molecular flexibility index (Phi) is 7.31. The maximum absolute atomic E-state index is 13.9. The van der Waals surface area contributed by atoms with Crippen molar-refractivity contribution in [3.8, 4) is 33.6 Å². The molecule has 2 heterocycles. The molecule has 3 aromatic carbocycles. The van der Waals surface area contributed by atoms with E-state index in [1.165, 1.54) is 0 Å². The van der Waals surface area contributed by atoms with Gasteiger partial charge in [0.2, 0.25) is 5.82 Å². The van der Waals surface area contributed by atoms with E-state index in [0.29, 0.717) is 24.4 Å². The summed E-state index contributed by atoms with van der Waals surface area (Å²) in [5.41, 5.74) is 6.54. The number of benzene rings is 3. The first-order valence-electron chi connectivity index (χ1n) is 12.8. The smallest absolute Gasteiger partial charge is 0.261 e. The Balaban J connectivity index is 1.53. The summed E-state index contributed by atoms with van der Waals surface area (Å²) in [6.07, 6.45) is 3.54. The molecule has 5 rings (SSSR count). The number of H-pyrrole nitrogens is 1. The molecule has 1 N–H and O–H groups in total. The Bertz CT molecular complexity index is 1520. The molecular formula is C30H30N6O. The van der Waals surface area contributed by atoms with Crippen molar-refractivity contribution in [3.63, 3.8) is 0 Å². The topological polar surface area (TPSA) is 89.4 Å². The van der Waals surface area contributed by atoms with Gasteiger partial charge < -0.3 is 0 Å². The van der Waals surface area contributed by atoms with Crippen LogP contribution in [0.3, 0.4) is 0 Å². The summed E-state index contributed by atoms with van der Waals surface area (Å²) in [4.78, 5) is 18.9. The number of nitrogens with one attached hydrogen (secondary N) is 1. The van der Waals surface area contributed by atoms with E-state index in [2.05, 4.69) is 58.7 Å². The molecule has 0 amide bonds. The van der Waals surface area contributed by atoms with E-state index in [-0.39, 0.29) is 5.56 Å². The van der Waals surface area contributed by atoms with E-state index in [1.807, 2.05) is 59.2 Å². The number of aromatic amines is 1. The maximum Gasteiger partial charge on any atom is 0.261 e. The number of hydrogen-bond acceptors (Lipinski definition) is 5. The van der Waals surface area contributed by atoms with Crippen molar-refractivity contribution < 1.29 is 0 Å². The molecule has 0 aliphatic carbocycles. The number of rotatable bonds is 9. The van der Waals surface area contributed by atoms with Crippen LogP contribution in [-0.4, -0.2) is 30.2 Å². The minimum absolute atomic E-state index is 0.0238. The summed E-state index contributed by atoms with van der Waals surface area (Å²) in [6.45, 7) is 4.70. The van der Waals surface area contributed by atoms with Crippen LogP contribution < -0.4 is 5.56 Å². The number of nitrogens with zero attached hydrogens (tertiary/aromatic N) is 5. The van der Waals surface area contributed by atoms with Crippen LogP contribution in [0.4, 0.5) is 0 Å². The Labute approximate surface area is 216 Å². The second-order valence-electron chi connectivity index (χ2n) is 9.04. The number of tetrazole rings is 1. The van der Waals surface area contributed by atoms with Gasteiger partial charge in [0, 0.05) is 12.0 Å². The molecule has 0 saturated carbocycles. The lowest BCUT2D eigenvalue weighted by Crippen LogP contribution is -2.29. The number of hydrogen-bond donors (Lipinski definition) is 1. The van der Waals surface area contributed by atoms with E-state index in [1.54, 1.807) is 0 Å². The van der Waals surface area contributed by atoms with Crippen molar-refractivity contribution >= 4 is 0 Å². The highest BCUT2D eigenvalue weighted by Crippen LogP contribution is 2.30. The Morgan fingerprint density at radius 3 is 2.24 bits per heavy atom. The standard InChI is InChI=1S/C30H30N6O/c1-3-5-15-27-31-26(4-2)28(23-11-7-6-8-12-23)30(37)36(27)20-21-16-18-22(19-17-21)24-13-9-10-14-25(24)29-32-34-35-33-29/h6-14,16-19H,3-5,15,20H2,1-2H3,(H,32,33,34,35). The summed E-state index contributed by atoms with van der Waals surface area (Å²) in [7, 11) is 0. The summed E-state index contributed by atoms with van der Waals surface area (Å²) in [6, 6.07) is 26.2. The molecule has 186 valence electrons. The van der Waals surface area contributed by atoms with Crippen molar-refractivity contribution in [1.29, 1.82) is 0 Å². The molecule has 0 spiro atoms. The molecule has 7 nitrogen and oxygen atoms in total. The summed E-state index contributed by atoms with van der Waals surface area (Å²) < 4.78 is 1.86. The van der Waals surface area contributed by atoms with Gasteiger partial charge in [-0.15, -0.1) is 10.2 Å². The van der Waals surface area contributed by atoms with Crippen LogP contribution in [0.5, 0.6) is 0 Å². The SMILES string of the molecule is CCCCc1nc(CC)c(-c2ccccc2)c(=O)n1Cc1ccc(-c2ccccc2-c2nn[nH]n2)cc1. The number of unbranched alkanes of at least 4 members (excludes halogenated alkanes) is 1. The molecule has 37 heavy (non-hydrogen) atoms. The first kappa shape index (κ1) is 24.3. The monoisotopic (exact) mass is 490 g/mol. The highest BCUT2D eigenvalue weighted by molar-refractivity contribution is 5.80. The molecule has 0 unspecified atom stereocenters. The highest BCUT2D eigenvalue weighted by Gasteiger charge is 2.18. The van der Waals surface area contributed by atoms with Crippen molar-refractivity contribution in [1.82, 2.24) is 30.2 Å². The zero-order valence-corrected chi connectivity index (χ0v) is 21.2. The predicted molar refractivity (Wildman–Crippen MR) is 146 cm³/mol. The van der Waals surface area contributed by atoms with Crippen LogP contribution >= 0.6 is 0 Å². The van der Waals surface area contributed by atoms with Crippen molar-refractivity contribution in [3.05, 3.63) is 106 Å². The summed E-state index contributed by atoms with van der Waals surface area (Å²) in [5, 5.41) is 14.5. The second kappa shape index (κ2) is 11.1. The van der Waals surface area contributed by atoms with Crippen LogP contribution in [0, 0.1) is 0 Å². The fourth-order valence-electron chi connectivity index (χ4n) is 4.67. The van der Waals surface area contributed by atoms with Crippen molar-refractivity contribution in [2.75, 3.05) is 0 Å². The molecular weight excluding hydrogens is 460 g/mol. The zero-order chi connectivity index (χ0) is 25.6. The van der Waals surface area contributed by atoms with Crippen LogP contribution in [0.1, 0.15) is 43.8 Å². The summed E-state index contributed by atoms with van der Waals surface area (Å²) in [5.74, 6) is 1.41. The third kappa shape index (κ3) is 5.11. The predicted octanol–water partition coefficient (Wildman–Crippen LogP) is 5.71. The minimum Gasteiger partial charge on any atom is -0.292 e. The molecule has 0 aliphatic rings. The van der Waals surface area contributed by atoms with E-state index < -0.39 is 0 Å². The Hall–Kier alpha value is -4.39. The molecule has 7 heteroatoms. The van der Waals surface area contributed by atoms with E-state index in [4.69, 9.17) is 4.98 Å². The van der Waals surface area contributed by atoms with Crippen LogP contribution in [0.2, 0.25) is 0 Å². The van der Waals surface area contributed by atoms with Gasteiger partial charge in [-0.1, -0.05) is 99.1 Å². The van der Waals surface area contributed by atoms with Gasteiger partial charge in [-0.05, 0) is 40.3 Å². The van der Waals surface area contributed by atoms with Crippen LogP contribution in [0.25, 0.3) is 33.6 Å². The molecule has 0 radical (unpaired) electrons.